The van der Waals surface area contributed by atoms with E-state index >= 15 is 0 Å². The monoisotopic (exact) mass is 290 g/mol. The average molecular weight is 290 g/mol. The lowest BCUT2D eigenvalue weighted by Crippen LogP contribution is -2.37. The first kappa shape index (κ1) is 15.6. The molecule has 21 heavy (non-hydrogen) atoms. The van der Waals surface area contributed by atoms with Crippen molar-refractivity contribution < 1.29 is 4.79 Å². The number of urea groups is 1. The summed E-state index contributed by atoms with van der Waals surface area (Å²) in [5, 5.41) is 8.87. The van der Waals surface area contributed by atoms with Gasteiger partial charge in [0, 0.05) is 24.5 Å². The van der Waals surface area contributed by atoms with Crippen molar-refractivity contribution in [3.63, 3.8) is 0 Å². The molecule has 116 valence electrons. The second kappa shape index (κ2) is 7.31. The smallest absolute Gasteiger partial charge is 0.318 e. The number of amides is 2. The van der Waals surface area contributed by atoms with E-state index in [1.54, 1.807) is 7.05 Å². The van der Waals surface area contributed by atoms with Crippen molar-refractivity contribution in [2.45, 2.75) is 25.8 Å². The first-order chi connectivity index (χ1) is 10.1. The molecule has 1 fully saturated rings. The van der Waals surface area contributed by atoms with Gasteiger partial charge in [0.05, 0.1) is 0 Å². The van der Waals surface area contributed by atoms with Gasteiger partial charge in [-0.15, -0.1) is 0 Å². The summed E-state index contributed by atoms with van der Waals surface area (Å²) >= 11 is 0. The molecule has 3 N–H and O–H groups in total. The number of anilines is 2. The first-order valence-corrected chi connectivity index (χ1v) is 7.62. The van der Waals surface area contributed by atoms with E-state index in [0.717, 1.165) is 17.3 Å². The molecule has 0 aliphatic carbocycles. The molecule has 2 rings (SSSR count). The highest BCUT2D eigenvalue weighted by Gasteiger charge is 2.21. The fourth-order valence-corrected chi connectivity index (χ4v) is 2.75. The molecule has 0 spiro atoms. The van der Waals surface area contributed by atoms with E-state index in [9.17, 15) is 4.79 Å². The Morgan fingerprint density at radius 3 is 2.33 bits per heavy atom. The number of hydrogen-bond acceptors (Lipinski definition) is 3. The van der Waals surface area contributed by atoms with Crippen LogP contribution >= 0.6 is 0 Å². The van der Waals surface area contributed by atoms with Gasteiger partial charge in [-0.05, 0) is 70.1 Å². The third kappa shape index (κ3) is 4.63. The Morgan fingerprint density at radius 1 is 1.19 bits per heavy atom. The van der Waals surface area contributed by atoms with Gasteiger partial charge in [-0.3, -0.25) is 0 Å². The van der Waals surface area contributed by atoms with Crippen molar-refractivity contribution in [3.05, 3.63) is 24.3 Å². The lowest BCUT2D eigenvalue weighted by molar-refractivity contribution is 0.208. The predicted molar refractivity (Wildman–Crippen MR) is 87.8 cm³/mol. The van der Waals surface area contributed by atoms with Gasteiger partial charge in [0.1, 0.15) is 0 Å². The van der Waals surface area contributed by atoms with Crippen molar-refractivity contribution in [2.24, 2.45) is 5.92 Å². The third-order valence-corrected chi connectivity index (χ3v) is 4.23. The van der Waals surface area contributed by atoms with Gasteiger partial charge >= 0.3 is 6.03 Å². The minimum Gasteiger partial charge on any atom is -0.382 e. The molecule has 1 heterocycles. The first-order valence-electron chi connectivity index (χ1n) is 7.62. The van der Waals surface area contributed by atoms with Gasteiger partial charge in [-0.2, -0.15) is 0 Å². The van der Waals surface area contributed by atoms with Crippen molar-refractivity contribution >= 4 is 17.4 Å². The molecular weight excluding hydrogens is 264 g/mol. The molecule has 1 atom stereocenters. The zero-order valence-electron chi connectivity index (χ0n) is 13.1. The Labute approximate surface area is 127 Å². The largest absolute Gasteiger partial charge is 0.382 e. The van der Waals surface area contributed by atoms with Crippen LogP contribution in [-0.2, 0) is 0 Å². The number of likely N-dealkylation sites (tertiary alicyclic amines) is 1. The maximum absolute atomic E-state index is 11.2. The number of nitrogens with zero attached hydrogens (tertiary/aromatic N) is 1. The number of rotatable bonds is 4. The van der Waals surface area contributed by atoms with Crippen molar-refractivity contribution in [3.8, 4) is 0 Å². The Bertz CT molecular complexity index is 452. The molecule has 0 saturated carbocycles. The summed E-state index contributed by atoms with van der Waals surface area (Å²) in [6.45, 7) is 4.63. The molecule has 1 aliphatic heterocycles. The van der Waals surface area contributed by atoms with E-state index in [1.807, 2.05) is 24.3 Å². The molecule has 5 nitrogen and oxygen atoms in total. The summed E-state index contributed by atoms with van der Waals surface area (Å²) in [6, 6.07) is 8.12. The van der Waals surface area contributed by atoms with E-state index in [1.165, 1.54) is 25.9 Å². The van der Waals surface area contributed by atoms with Crippen LogP contribution in [0, 0.1) is 5.92 Å². The van der Waals surface area contributed by atoms with E-state index in [2.05, 4.69) is 34.8 Å². The van der Waals surface area contributed by atoms with Gasteiger partial charge in [0.25, 0.3) is 0 Å². The van der Waals surface area contributed by atoms with Gasteiger partial charge in [0.15, 0.2) is 0 Å². The maximum Gasteiger partial charge on any atom is 0.318 e. The number of piperidine rings is 1. The SMILES string of the molecule is CNC(=O)Nc1ccc(NC(C)C2CCN(C)CC2)cc1. The molecule has 0 bridgehead atoms. The van der Waals surface area contributed by atoms with Crippen molar-refractivity contribution in [2.75, 3.05) is 37.8 Å². The molecule has 1 unspecified atom stereocenters. The highest BCUT2D eigenvalue weighted by molar-refractivity contribution is 5.89. The molecule has 0 aromatic heterocycles. The van der Waals surface area contributed by atoms with Crippen LogP contribution in [0.25, 0.3) is 0 Å². The Hall–Kier alpha value is -1.75. The second-order valence-corrected chi connectivity index (χ2v) is 5.86. The molecular formula is C16H26N4O. The van der Waals surface area contributed by atoms with Crippen LogP contribution < -0.4 is 16.0 Å². The van der Waals surface area contributed by atoms with E-state index in [4.69, 9.17) is 0 Å². The third-order valence-electron chi connectivity index (χ3n) is 4.23. The average Bonchev–Trinajstić information content (AvgIpc) is 2.49. The van der Waals surface area contributed by atoms with Crippen LogP contribution in [-0.4, -0.2) is 44.2 Å². The van der Waals surface area contributed by atoms with Gasteiger partial charge in [-0.25, -0.2) is 4.79 Å². The quantitative estimate of drug-likeness (QED) is 0.799. The number of nitrogens with one attached hydrogen (secondary N) is 3. The van der Waals surface area contributed by atoms with E-state index in [-0.39, 0.29) is 6.03 Å². The molecule has 0 radical (unpaired) electrons. The van der Waals surface area contributed by atoms with Crippen LogP contribution in [0.4, 0.5) is 16.2 Å². The maximum atomic E-state index is 11.2. The molecule has 5 heteroatoms. The van der Waals surface area contributed by atoms with Crippen molar-refractivity contribution in [1.29, 1.82) is 0 Å². The predicted octanol–water partition coefficient (Wildman–Crippen LogP) is 2.58. The number of hydrogen-bond donors (Lipinski definition) is 3. The van der Waals surface area contributed by atoms with Crippen LogP contribution in [0.5, 0.6) is 0 Å². The highest BCUT2D eigenvalue weighted by Crippen LogP contribution is 2.23. The zero-order valence-corrected chi connectivity index (χ0v) is 13.1. The number of carbonyl (C=O) groups is 1. The molecule has 1 aliphatic rings. The second-order valence-electron chi connectivity index (χ2n) is 5.86. The number of benzene rings is 1. The van der Waals surface area contributed by atoms with Gasteiger partial charge in [-0.1, -0.05) is 0 Å². The minimum atomic E-state index is -0.199. The van der Waals surface area contributed by atoms with Gasteiger partial charge < -0.3 is 20.9 Å². The van der Waals surface area contributed by atoms with E-state index < -0.39 is 0 Å². The molecule has 1 aromatic rings. The van der Waals surface area contributed by atoms with E-state index in [0.29, 0.717) is 6.04 Å². The zero-order chi connectivity index (χ0) is 15.2. The Morgan fingerprint density at radius 2 is 1.76 bits per heavy atom. The normalized spacial score (nSPS) is 18.0. The molecule has 1 saturated heterocycles. The highest BCUT2D eigenvalue weighted by atomic mass is 16.2. The fourth-order valence-electron chi connectivity index (χ4n) is 2.75. The summed E-state index contributed by atoms with van der Waals surface area (Å²) in [6.07, 6.45) is 2.50. The van der Waals surface area contributed by atoms with Crippen LogP contribution in [0.3, 0.4) is 0 Å². The van der Waals surface area contributed by atoms with Crippen molar-refractivity contribution in [1.82, 2.24) is 10.2 Å². The summed E-state index contributed by atoms with van der Waals surface area (Å²) in [7, 11) is 3.79. The summed E-state index contributed by atoms with van der Waals surface area (Å²) in [5.74, 6) is 0.727. The standard InChI is InChI=1S/C16H26N4O/c1-12(13-8-10-20(3)11-9-13)18-14-4-6-15(7-5-14)19-16(21)17-2/h4-7,12-13,18H,8-11H2,1-3H3,(H2,17,19,21). The Kier molecular flexibility index (Phi) is 5.44. The van der Waals surface area contributed by atoms with Gasteiger partial charge in [0.2, 0.25) is 0 Å². The van der Waals surface area contributed by atoms with Crippen LogP contribution in [0.1, 0.15) is 19.8 Å². The van der Waals surface area contributed by atoms with Crippen LogP contribution in [0.15, 0.2) is 24.3 Å². The summed E-state index contributed by atoms with van der Waals surface area (Å²) in [4.78, 5) is 13.6. The topological polar surface area (TPSA) is 56.4 Å². The van der Waals surface area contributed by atoms with Crippen LogP contribution in [0.2, 0.25) is 0 Å². The molecule has 2 amide bonds. The lowest BCUT2D eigenvalue weighted by atomic mass is 9.90. The molecule has 1 aromatic carbocycles. The lowest BCUT2D eigenvalue weighted by Gasteiger charge is -2.33. The summed E-state index contributed by atoms with van der Waals surface area (Å²) < 4.78 is 0. The minimum absolute atomic E-state index is 0.199. The summed E-state index contributed by atoms with van der Waals surface area (Å²) in [5.41, 5.74) is 1.90. The Balaban J connectivity index is 1.86. The number of carbonyl (C=O) groups excluding carboxylic acids is 1. The fraction of sp³-hybridized carbons (Fsp3) is 0.562.